The molecule has 0 fully saturated rings. The van der Waals surface area contributed by atoms with Crippen LogP contribution >= 0.6 is 12.0 Å². The fourth-order valence-electron chi connectivity index (χ4n) is 0.885. The Morgan fingerprint density at radius 1 is 1.42 bits per heavy atom. The van der Waals surface area contributed by atoms with Gasteiger partial charge in [-0.05, 0) is 0 Å². The number of hydrogen-bond donors (Lipinski definition) is 1. The Kier molecular flexibility index (Phi) is 1.92. The van der Waals surface area contributed by atoms with E-state index in [1.54, 1.807) is 13.4 Å². The fraction of sp³-hybridized carbons (Fsp3) is 0.167. The van der Waals surface area contributed by atoms with Crippen molar-refractivity contribution < 1.29 is 4.18 Å². The Labute approximate surface area is 72.8 Å². The highest BCUT2D eigenvalue weighted by Crippen LogP contribution is 2.21. The summed E-state index contributed by atoms with van der Waals surface area (Å²) < 4.78 is 4.88. The summed E-state index contributed by atoms with van der Waals surface area (Å²) in [6, 6.07) is 0. The Morgan fingerprint density at radius 2 is 2.33 bits per heavy atom. The van der Waals surface area contributed by atoms with Gasteiger partial charge in [0.05, 0.1) is 25.5 Å². The van der Waals surface area contributed by atoms with Crippen molar-refractivity contribution in [3.8, 4) is 0 Å². The quantitative estimate of drug-likeness (QED) is 0.554. The van der Waals surface area contributed by atoms with Crippen molar-refractivity contribution in [2.75, 3.05) is 7.11 Å². The normalized spacial score (nSPS) is 10.8. The lowest BCUT2D eigenvalue weighted by molar-refractivity contribution is 0.488. The lowest BCUT2D eigenvalue weighted by Gasteiger charge is -1.95. The Balaban J connectivity index is 2.57. The van der Waals surface area contributed by atoms with E-state index in [4.69, 9.17) is 4.18 Å². The van der Waals surface area contributed by atoms with Crippen LogP contribution in [0.4, 0.5) is 0 Å². The first-order valence-corrected chi connectivity index (χ1v) is 4.00. The minimum absolute atomic E-state index is 0.657. The third kappa shape index (κ3) is 1.15. The molecule has 6 heteroatoms. The predicted octanol–water partition coefficient (Wildman–Crippen LogP) is 1.01. The van der Waals surface area contributed by atoms with Gasteiger partial charge in [-0.25, -0.2) is 15.0 Å². The summed E-state index contributed by atoms with van der Waals surface area (Å²) in [7, 11) is 1.59. The molecule has 2 aromatic rings. The Bertz CT molecular complexity index is 388. The first kappa shape index (κ1) is 7.51. The third-order valence-corrected chi connectivity index (χ3v) is 1.98. The molecule has 0 radical (unpaired) electrons. The van der Waals surface area contributed by atoms with Crippen molar-refractivity contribution in [2.24, 2.45) is 0 Å². The van der Waals surface area contributed by atoms with E-state index in [2.05, 4.69) is 19.9 Å². The molecular weight excluding hydrogens is 176 g/mol. The molecule has 0 atom stereocenters. The van der Waals surface area contributed by atoms with Crippen LogP contribution in [0.2, 0.25) is 0 Å². The molecule has 0 bridgehead atoms. The average molecular weight is 182 g/mol. The highest BCUT2D eigenvalue weighted by atomic mass is 32.2. The second-order valence-corrected chi connectivity index (χ2v) is 2.92. The maximum absolute atomic E-state index is 4.88. The Hall–Kier alpha value is -1.14. The minimum Gasteiger partial charge on any atom is -0.341 e. The number of aromatic amines is 1. The van der Waals surface area contributed by atoms with Crippen molar-refractivity contribution in [3.05, 3.63) is 12.7 Å². The smallest absolute Gasteiger partial charge is 0.181 e. The number of hydrogen-bond acceptors (Lipinski definition) is 5. The zero-order valence-electron chi connectivity index (χ0n) is 6.31. The summed E-state index contributed by atoms with van der Waals surface area (Å²) in [6.07, 6.45) is 3.05. The van der Waals surface area contributed by atoms with Gasteiger partial charge in [-0.2, -0.15) is 0 Å². The van der Waals surface area contributed by atoms with Gasteiger partial charge in [0.15, 0.2) is 10.7 Å². The molecule has 0 amide bonds. The number of aromatic nitrogens is 4. The summed E-state index contributed by atoms with van der Waals surface area (Å²) in [5.74, 6) is 0. The van der Waals surface area contributed by atoms with Crippen molar-refractivity contribution >= 4 is 23.2 Å². The lowest BCUT2D eigenvalue weighted by Crippen LogP contribution is -1.85. The van der Waals surface area contributed by atoms with E-state index in [0.29, 0.717) is 5.65 Å². The van der Waals surface area contributed by atoms with Crippen molar-refractivity contribution in [3.63, 3.8) is 0 Å². The molecule has 0 unspecified atom stereocenters. The van der Waals surface area contributed by atoms with Crippen LogP contribution in [0.15, 0.2) is 17.7 Å². The summed E-state index contributed by atoms with van der Waals surface area (Å²) in [5.41, 5.74) is 1.47. The van der Waals surface area contributed by atoms with Gasteiger partial charge in [-0.15, -0.1) is 0 Å². The van der Waals surface area contributed by atoms with Gasteiger partial charge in [-0.1, -0.05) is 0 Å². The number of nitrogens with one attached hydrogen (secondary N) is 1. The molecule has 0 aliphatic heterocycles. The molecule has 12 heavy (non-hydrogen) atoms. The molecule has 62 valence electrons. The highest BCUT2D eigenvalue weighted by molar-refractivity contribution is 7.94. The van der Waals surface area contributed by atoms with Crippen LogP contribution in [0, 0.1) is 0 Å². The summed E-state index contributed by atoms with van der Waals surface area (Å²) in [4.78, 5) is 14.9. The monoisotopic (exact) mass is 182 g/mol. The first-order chi connectivity index (χ1) is 5.92. The molecule has 0 aliphatic carbocycles. The fourth-order valence-corrected chi connectivity index (χ4v) is 1.37. The largest absolute Gasteiger partial charge is 0.341 e. The number of imidazole rings is 1. The van der Waals surface area contributed by atoms with E-state index in [9.17, 15) is 0 Å². The summed E-state index contributed by atoms with van der Waals surface area (Å²) >= 11 is 1.19. The SMILES string of the molecule is COSc1ncnc2nc[nH]c12. The maximum atomic E-state index is 4.88. The molecule has 0 saturated carbocycles. The highest BCUT2D eigenvalue weighted by Gasteiger charge is 2.05. The lowest BCUT2D eigenvalue weighted by atomic mass is 10.6. The van der Waals surface area contributed by atoms with Gasteiger partial charge in [0, 0.05) is 0 Å². The second kappa shape index (κ2) is 3.08. The van der Waals surface area contributed by atoms with Crippen LogP contribution in [0.25, 0.3) is 11.2 Å². The molecule has 2 rings (SSSR count). The van der Waals surface area contributed by atoms with E-state index in [0.717, 1.165) is 10.5 Å². The van der Waals surface area contributed by atoms with Gasteiger partial charge >= 0.3 is 0 Å². The van der Waals surface area contributed by atoms with Crippen LogP contribution in [0.5, 0.6) is 0 Å². The van der Waals surface area contributed by atoms with Crippen molar-refractivity contribution in [1.29, 1.82) is 0 Å². The first-order valence-electron chi connectivity index (χ1n) is 3.26. The van der Waals surface area contributed by atoms with Gasteiger partial charge in [-0.3, -0.25) is 0 Å². The maximum Gasteiger partial charge on any atom is 0.181 e. The number of rotatable bonds is 2. The number of H-pyrrole nitrogens is 1. The van der Waals surface area contributed by atoms with Crippen molar-refractivity contribution in [1.82, 2.24) is 19.9 Å². The summed E-state index contributed by atoms with van der Waals surface area (Å²) in [6.45, 7) is 0. The molecule has 1 N–H and O–H groups in total. The molecular formula is C6H6N4OS. The molecule has 0 spiro atoms. The van der Waals surface area contributed by atoms with Crippen LogP contribution in [0.3, 0.4) is 0 Å². The van der Waals surface area contributed by atoms with E-state index in [1.807, 2.05) is 0 Å². The molecule has 0 saturated heterocycles. The van der Waals surface area contributed by atoms with Gasteiger partial charge < -0.3 is 9.17 Å². The molecule has 2 aromatic heterocycles. The van der Waals surface area contributed by atoms with Crippen LogP contribution in [0.1, 0.15) is 0 Å². The minimum atomic E-state index is 0.657. The van der Waals surface area contributed by atoms with Gasteiger partial charge in [0.2, 0.25) is 0 Å². The molecule has 2 heterocycles. The standard InChI is InChI=1S/C6H6N4OS/c1-11-12-6-4-5(8-2-7-4)9-3-10-6/h2-3H,1H3,(H,7,8,9,10). The molecule has 0 aliphatic rings. The Morgan fingerprint density at radius 3 is 3.17 bits per heavy atom. The van der Waals surface area contributed by atoms with Crippen molar-refractivity contribution in [2.45, 2.75) is 5.03 Å². The van der Waals surface area contributed by atoms with E-state index >= 15 is 0 Å². The van der Waals surface area contributed by atoms with Crippen LogP contribution in [-0.2, 0) is 4.18 Å². The van der Waals surface area contributed by atoms with Crippen LogP contribution in [-0.4, -0.2) is 27.0 Å². The number of fused-ring (bicyclic) bond motifs is 1. The third-order valence-electron chi connectivity index (χ3n) is 1.35. The van der Waals surface area contributed by atoms with E-state index in [1.165, 1.54) is 18.4 Å². The average Bonchev–Trinajstić information content (AvgIpc) is 2.53. The van der Waals surface area contributed by atoms with Gasteiger partial charge in [0.25, 0.3) is 0 Å². The zero-order valence-corrected chi connectivity index (χ0v) is 7.13. The van der Waals surface area contributed by atoms with Crippen LogP contribution < -0.4 is 0 Å². The molecule has 5 nitrogen and oxygen atoms in total. The van der Waals surface area contributed by atoms with E-state index < -0.39 is 0 Å². The second-order valence-electron chi connectivity index (χ2n) is 2.03. The molecule has 0 aromatic carbocycles. The number of nitrogens with zero attached hydrogens (tertiary/aromatic N) is 3. The topological polar surface area (TPSA) is 63.7 Å². The zero-order chi connectivity index (χ0) is 8.39. The van der Waals surface area contributed by atoms with E-state index in [-0.39, 0.29) is 0 Å². The predicted molar refractivity (Wildman–Crippen MR) is 44.5 cm³/mol. The summed E-state index contributed by atoms with van der Waals surface area (Å²) in [5, 5.41) is 0.750. The van der Waals surface area contributed by atoms with Gasteiger partial charge in [0.1, 0.15) is 11.8 Å².